The van der Waals surface area contributed by atoms with Gasteiger partial charge in [-0.15, -0.1) is 0 Å². The molecule has 34 heavy (non-hydrogen) atoms. The van der Waals surface area contributed by atoms with Gasteiger partial charge in [0.25, 0.3) is 0 Å². The molecule has 0 saturated carbocycles. The molecule has 164 valence electrons. The molecule has 0 radical (unpaired) electrons. The lowest BCUT2D eigenvalue weighted by molar-refractivity contribution is -0.0536. The summed E-state index contributed by atoms with van der Waals surface area (Å²) >= 11 is 0. The van der Waals surface area contributed by atoms with Gasteiger partial charge in [-0.25, -0.2) is 9.97 Å². The van der Waals surface area contributed by atoms with Gasteiger partial charge in [0, 0.05) is 11.1 Å². The Morgan fingerprint density at radius 1 is 0.500 bits per heavy atom. The van der Waals surface area contributed by atoms with Crippen molar-refractivity contribution in [3.63, 3.8) is 0 Å². The summed E-state index contributed by atoms with van der Waals surface area (Å²) in [6, 6.07) is 24.9. The molecule has 4 aliphatic heterocycles. The molecule has 1 aromatic heterocycles. The van der Waals surface area contributed by atoms with Crippen LogP contribution >= 0.6 is 0 Å². The van der Waals surface area contributed by atoms with Gasteiger partial charge in [0.1, 0.15) is 22.6 Å². The largest absolute Gasteiger partial charge is 0.345 e. The summed E-state index contributed by atoms with van der Waals surface area (Å²) in [5.41, 5.74) is 5.25. The van der Waals surface area contributed by atoms with E-state index in [9.17, 15) is 0 Å². The van der Waals surface area contributed by atoms with Crippen molar-refractivity contribution >= 4 is 11.0 Å². The van der Waals surface area contributed by atoms with Crippen LogP contribution in [0.5, 0.6) is 0 Å². The number of benzene rings is 3. The molecule has 4 nitrogen and oxygen atoms in total. The molecule has 3 aromatic carbocycles. The van der Waals surface area contributed by atoms with Crippen molar-refractivity contribution < 1.29 is 9.47 Å². The van der Waals surface area contributed by atoms with Gasteiger partial charge in [0.15, 0.2) is 11.2 Å². The van der Waals surface area contributed by atoms with Gasteiger partial charge >= 0.3 is 0 Å². The number of ether oxygens (including phenoxy) is 2. The lowest BCUT2D eigenvalue weighted by Gasteiger charge is -2.32. The molecule has 5 heterocycles. The number of fused-ring (bicyclic) bond motifs is 11. The molecule has 8 rings (SSSR count). The van der Waals surface area contributed by atoms with Crippen LogP contribution in [0.15, 0.2) is 97.1 Å². The van der Waals surface area contributed by atoms with E-state index in [1.54, 1.807) is 0 Å². The Labute approximate surface area is 197 Å². The van der Waals surface area contributed by atoms with Crippen LogP contribution in [0, 0.1) is 0 Å². The standard InChI is InChI=1S/C30H22N2O2/c1-27-15-17-29(33-27,21-11-5-3-9-19(21)27)25-26(32-24-14-8-7-13-23(24)31-25)30-18-16-28(2,34-30)20-10-4-6-12-22(20)30/h3-18H,1-2H3/t27-,28?,29+,30?/m1/s1. The number of hydrogen-bond acceptors (Lipinski definition) is 4. The minimum atomic E-state index is -0.819. The molecule has 0 saturated heterocycles. The average Bonchev–Trinajstić information content (AvgIpc) is 3.57. The van der Waals surface area contributed by atoms with Crippen LogP contribution in [0.3, 0.4) is 0 Å². The summed E-state index contributed by atoms with van der Waals surface area (Å²) < 4.78 is 13.8. The summed E-state index contributed by atoms with van der Waals surface area (Å²) in [5, 5.41) is 0. The van der Waals surface area contributed by atoms with E-state index in [1.165, 1.54) is 11.1 Å². The maximum Gasteiger partial charge on any atom is 0.157 e. The fourth-order valence-electron chi connectivity index (χ4n) is 6.44. The fourth-order valence-corrected chi connectivity index (χ4v) is 6.44. The molecule has 0 aliphatic carbocycles. The van der Waals surface area contributed by atoms with Crippen molar-refractivity contribution in [1.29, 1.82) is 0 Å². The highest BCUT2D eigenvalue weighted by atomic mass is 16.5. The quantitative estimate of drug-likeness (QED) is 0.371. The van der Waals surface area contributed by atoms with Crippen molar-refractivity contribution in [2.45, 2.75) is 36.3 Å². The Morgan fingerprint density at radius 3 is 1.32 bits per heavy atom. The van der Waals surface area contributed by atoms with Crippen LogP contribution in [-0.2, 0) is 31.9 Å². The van der Waals surface area contributed by atoms with E-state index in [0.717, 1.165) is 33.5 Å². The maximum absolute atomic E-state index is 6.88. The molecule has 2 unspecified atom stereocenters. The van der Waals surface area contributed by atoms with Crippen molar-refractivity contribution in [1.82, 2.24) is 9.97 Å². The molecule has 4 heteroatoms. The smallest absolute Gasteiger partial charge is 0.157 e. The van der Waals surface area contributed by atoms with Crippen molar-refractivity contribution in [2.24, 2.45) is 0 Å². The van der Waals surface area contributed by atoms with Crippen LogP contribution < -0.4 is 0 Å². The van der Waals surface area contributed by atoms with E-state index in [0.29, 0.717) is 0 Å². The Balaban J connectivity index is 1.49. The first-order chi connectivity index (χ1) is 16.5. The van der Waals surface area contributed by atoms with E-state index in [4.69, 9.17) is 19.4 Å². The summed E-state index contributed by atoms with van der Waals surface area (Å²) in [6.45, 7) is 4.24. The van der Waals surface area contributed by atoms with Gasteiger partial charge in [-0.2, -0.15) is 0 Å². The van der Waals surface area contributed by atoms with E-state index >= 15 is 0 Å². The predicted molar refractivity (Wildman–Crippen MR) is 129 cm³/mol. The highest BCUT2D eigenvalue weighted by molar-refractivity contribution is 5.76. The number of hydrogen-bond donors (Lipinski definition) is 0. The van der Waals surface area contributed by atoms with Crippen LogP contribution in [0.1, 0.15) is 47.5 Å². The SMILES string of the molecule is CC12C=CC(c3nc4ccccc4nc3[C@@]34C=C[C@@](C)(O3)c3ccccc34)(O1)c1ccccc12. The number of nitrogens with zero attached hydrogens (tertiary/aromatic N) is 2. The van der Waals surface area contributed by atoms with E-state index in [-0.39, 0.29) is 0 Å². The van der Waals surface area contributed by atoms with Crippen LogP contribution in [0.25, 0.3) is 11.0 Å². The first-order valence-electron chi connectivity index (χ1n) is 11.8. The van der Waals surface area contributed by atoms with Crippen molar-refractivity contribution in [3.05, 3.63) is 131 Å². The Kier molecular flexibility index (Phi) is 3.16. The van der Waals surface area contributed by atoms with Crippen LogP contribution in [0.4, 0.5) is 0 Å². The Hall–Kier alpha value is -3.60. The normalized spacial score (nSPS) is 33.6. The lowest BCUT2D eigenvalue weighted by Crippen LogP contribution is -2.34. The zero-order valence-corrected chi connectivity index (χ0v) is 18.9. The minimum absolute atomic E-state index is 0.493. The van der Waals surface area contributed by atoms with E-state index in [1.807, 2.05) is 24.3 Å². The molecule has 4 bridgehead atoms. The topological polar surface area (TPSA) is 44.2 Å². The number of rotatable bonds is 2. The molecule has 0 fully saturated rings. The van der Waals surface area contributed by atoms with Gasteiger partial charge in [0.2, 0.25) is 0 Å². The molecular weight excluding hydrogens is 420 g/mol. The second-order valence-electron chi connectivity index (χ2n) is 10.1. The molecule has 4 aliphatic rings. The van der Waals surface area contributed by atoms with Crippen LogP contribution in [0.2, 0.25) is 0 Å². The zero-order chi connectivity index (χ0) is 22.8. The summed E-state index contributed by atoms with van der Waals surface area (Å²) in [6.07, 6.45) is 8.64. The Bertz CT molecular complexity index is 1500. The van der Waals surface area contributed by atoms with Gasteiger partial charge in [-0.05, 0) is 61.4 Å². The van der Waals surface area contributed by atoms with Gasteiger partial charge in [-0.3, -0.25) is 0 Å². The van der Waals surface area contributed by atoms with E-state index < -0.39 is 22.4 Å². The highest BCUT2D eigenvalue weighted by Gasteiger charge is 2.61. The first kappa shape index (κ1) is 18.8. The van der Waals surface area contributed by atoms with Gasteiger partial charge in [0.05, 0.1) is 11.0 Å². The second kappa shape index (κ2) is 5.72. The summed E-state index contributed by atoms with van der Waals surface area (Å²) in [4.78, 5) is 10.5. The van der Waals surface area contributed by atoms with Gasteiger partial charge in [-0.1, -0.05) is 60.7 Å². The molecule has 0 spiro atoms. The summed E-state index contributed by atoms with van der Waals surface area (Å²) in [7, 11) is 0. The van der Waals surface area contributed by atoms with E-state index in [2.05, 4.69) is 86.7 Å². The summed E-state index contributed by atoms with van der Waals surface area (Å²) in [5.74, 6) is 0. The average molecular weight is 443 g/mol. The lowest BCUT2D eigenvalue weighted by atomic mass is 9.76. The molecule has 4 atom stereocenters. The third kappa shape index (κ3) is 1.99. The number of aromatic nitrogens is 2. The fraction of sp³-hybridized carbons (Fsp3) is 0.200. The number of para-hydroxylation sites is 2. The third-order valence-electron chi connectivity index (χ3n) is 8.02. The molecule has 0 N–H and O–H groups in total. The van der Waals surface area contributed by atoms with Crippen molar-refractivity contribution in [3.8, 4) is 0 Å². The molecule has 4 aromatic rings. The van der Waals surface area contributed by atoms with Crippen LogP contribution in [-0.4, -0.2) is 9.97 Å². The monoisotopic (exact) mass is 442 g/mol. The predicted octanol–water partition coefficient (Wildman–Crippen LogP) is 5.75. The zero-order valence-electron chi connectivity index (χ0n) is 18.9. The van der Waals surface area contributed by atoms with Gasteiger partial charge < -0.3 is 9.47 Å². The highest BCUT2D eigenvalue weighted by Crippen LogP contribution is 2.61. The molecule has 0 amide bonds. The Morgan fingerprint density at radius 2 is 0.882 bits per heavy atom. The molecular formula is C30H22N2O2. The minimum Gasteiger partial charge on any atom is -0.345 e. The second-order valence-corrected chi connectivity index (χ2v) is 10.1. The maximum atomic E-state index is 6.88. The third-order valence-corrected chi connectivity index (χ3v) is 8.02. The first-order valence-corrected chi connectivity index (χ1v) is 11.8. The van der Waals surface area contributed by atoms with Crippen molar-refractivity contribution in [2.75, 3.05) is 0 Å².